The summed E-state index contributed by atoms with van der Waals surface area (Å²) in [6.07, 6.45) is 1.46. The second kappa shape index (κ2) is 8.08. The van der Waals surface area contributed by atoms with Gasteiger partial charge in [-0.15, -0.1) is 0 Å². The fourth-order valence-electron chi connectivity index (χ4n) is 3.17. The van der Waals surface area contributed by atoms with Gasteiger partial charge in [-0.1, -0.05) is 11.6 Å². The molecule has 148 valence electrons. The third-order valence-corrected chi connectivity index (χ3v) is 4.79. The van der Waals surface area contributed by atoms with Gasteiger partial charge in [0.25, 0.3) is 11.7 Å². The smallest absolute Gasteiger partial charge is 0.295 e. The van der Waals surface area contributed by atoms with Gasteiger partial charge in [0.05, 0.1) is 24.5 Å². The van der Waals surface area contributed by atoms with E-state index in [2.05, 4.69) is 0 Å². The topological polar surface area (TPSA) is 83.2 Å². The number of carbonyl (C=O) groups excluding carboxylic acids is 2. The minimum Gasteiger partial charge on any atom is -0.507 e. The molecule has 1 aromatic heterocycles. The molecule has 2 heterocycles. The quantitative estimate of drug-likeness (QED) is 0.453. The number of Topliss-reactive ketones (excluding diaryl/α,β-unsaturated/α-hetero) is 1. The van der Waals surface area contributed by atoms with E-state index in [1.165, 1.54) is 24.3 Å². The van der Waals surface area contributed by atoms with Gasteiger partial charge in [-0.3, -0.25) is 9.59 Å². The molecule has 1 saturated heterocycles. The number of furan rings is 1. The molecular weight excluding hydrogens is 384 g/mol. The number of amides is 1. The molecular formula is C20H21ClN2O5. The number of aliphatic hydroxyl groups excluding tert-OH is 1. The summed E-state index contributed by atoms with van der Waals surface area (Å²) in [5, 5.41) is 11.4. The molecule has 0 radical (unpaired) electrons. The van der Waals surface area contributed by atoms with Gasteiger partial charge in [0.1, 0.15) is 23.3 Å². The zero-order valence-electron chi connectivity index (χ0n) is 15.8. The Labute approximate surface area is 167 Å². The van der Waals surface area contributed by atoms with E-state index in [0.717, 1.165) is 0 Å². The minimum atomic E-state index is -0.835. The summed E-state index contributed by atoms with van der Waals surface area (Å²) in [6, 6.07) is 7.18. The number of likely N-dealkylation sites (N-methyl/N-ethyl adjacent to an activating group) is 1. The van der Waals surface area contributed by atoms with E-state index >= 15 is 0 Å². The van der Waals surface area contributed by atoms with Crippen molar-refractivity contribution in [2.75, 3.05) is 34.3 Å². The van der Waals surface area contributed by atoms with Crippen molar-refractivity contribution in [1.82, 2.24) is 9.80 Å². The first-order chi connectivity index (χ1) is 13.3. The number of likely N-dealkylation sites (tertiary alicyclic amines) is 1. The Bertz CT molecular complexity index is 921. The summed E-state index contributed by atoms with van der Waals surface area (Å²) in [4.78, 5) is 28.8. The molecule has 3 rings (SSSR count). The number of benzene rings is 1. The lowest BCUT2D eigenvalue weighted by Crippen LogP contribution is -2.35. The lowest BCUT2D eigenvalue weighted by atomic mass is 9.99. The van der Waals surface area contributed by atoms with Crippen molar-refractivity contribution in [3.8, 4) is 5.75 Å². The second-order valence-electron chi connectivity index (χ2n) is 6.66. The summed E-state index contributed by atoms with van der Waals surface area (Å²) < 4.78 is 10.8. The number of rotatable bonds is 6. The predicted molar refractivity (Wildman–Crippen MR) is 104 cm³/mol. The van der Waals surface area contributed by atoms with Crippen LogP contribution >= 0.6 is 11.6 Å². The van der Waals surface area contributed by atoms with E-state index in [0.29, 0.717) is 29.6 Å². The van der Waals surface area contributed by atoms with Crippen LogP contribution in [0.5, 0.6) is 5.75 Å². The maximum atomic E-state index is 12.8. The van der Waals surface area contributed by atoms with Gasteiger partial charge in [-0.2, -0.15) is 0 Å². The molecule has 0 aliphatic carbocycles. The summed E-state index contributed by atoms with van der Waals surface area (Å²) in [6.45, 7) is 0.844. The van der Waals surface area contributed by atoms with Gasteiger partial charge in [-0.25, -0.2) is 0 Å². The van der Waals surface area contributed by atoms with Crippen LogP contribution in [-0.4, -0.2) is 60.9 Å². The summed E-state index contributed by atoms with van der Waals surface area (Å²) in [5.74, 6) is -1.10. The molecule has 8 heteroatoms. The highest BCUT2D eigenvalue weighted by Crippen LogP contribution is 2.41. The van der Waals surface area contributed by atoms with Crippen LogP contribution in [0.4, 0.5) is 0 Å². The standard InChI is InChI=1S/C20H21ClN2O5/c1-22(2)8-9-23-17(15-5-4-10-28-15)16(19(25)20(23)26)18(24)13-11-12(21)6-7-14(13)27-3/h4-7,10-11,17,24H,8-9H2,1-3H3/b18-16+. The number of nitrogens with zero attached hydrogens (tertiary/aromatic N) is 2. The fraction of sp³-hybridized carbons (Fsp3) is 0.300. The highest BCUT2D eigenvalue weighted by molar-refractivity contribution is 6.46. The van der Waals surface area contributed by atoms with Crippen molar-refractivity contribution in [2.24, 2.45) is 0 Å². The molecule has 1 aliphatic rings. The van der Waals surface area contributed by atoms with Crippen LogP contribution in [0, 0.1) is 0 Å². The van der Waals surface area contributed by atoms with E-state index in [1.807, 2.05) is 19.0 Å². The number of carbonyl (C=O) groups is 2. The average molecular weight is 405 g/mol. The molecule has 1 aliphatic heterocycles. The summed E-state index contributed by atoms with van der Waals surface area (Å²) in [5.41, 5.74) is 0.177. The molecule has 1 amide bonds. The molecule has 1 atom stereocenters. The number of hydrogen-bond acceptors (Lipinski definition) is 6. The van der Waals surface area contributed by atoms with Crippen LogP contribution < -0.4 is 4.74 Å². The molecule has 0 spiro atoms. The number of aliphatic hydroxyl groups is 1. The van der Waals surface area contributed by atoms with Crippen molar-refractivity contribution in [3.05, 3.63) is 58.5 Å². The molecule has 0 saturated carbocycles. The lowest BCUT2D eigenvalue weighted by molar-refractivity contribution is -0.140. The molecule has 1 aromatic carbocycles. The zero-order chi connectivity index (χ0) is 20.4. The molecule has 2 aromatic rings. The summed E-state index contributed by atoms with van der Waals surface area (Å²) in [7, 11) is 5.18. The van der Waals surface area contributed by atoms with E-state index < -0.39 is 17.7 Å². The van der Waals surface area contributed by atoms with E-state index in [4.69, 9.17) is 20.8 Å². The first-order valence-electron chi connectivity index (χ1n) is 8.65. The molecule has 0 bridgehead atoms. The van der Waals surface area contributed by atoms with Gasteiger partial charge in [0.2, 0.25) is 0 Å². The van der Waals surface area contributed by atoms with Gasteiger partial charge in [0, 0.05) is 18.1 Å². The maximum absolute atomic E-state index is 12.8. The van der Waals surface area contributed by atoms with Crippen LogP contribution in [0.15, 0.2) is 46.6 Å². The monoisotopic (exact) mass is 404 g/mol. The Morgan fingerprint density at radius 1 is 1.32 bits per heavy atom. The largest absolute Gasteiger partial charge is 0.507 e. The number of methoxy groups -OCH3 is 1. The zero-order valence-corrected chi connectivity index (χ0v) is 16.6. The van der Waals surface area contributed by atoms with E-state index in [1.54, 1.807) is 24.3 Å². The molecule has 28 heavy (non-hydrogen) atoms. The van der Waals surface area contributed by atoms with Gasteiger partial charge >= 0.3 is 0 Å². The van der Waals surface area contributed by atoms with Gasteiger partial charge in [0.15, 0.2) is 0 Å². The van der Waals surface area contributed by atoms with Crippen molar-refractivity contribution in [2.45, 2.75) is 6.04 Å². The Hall–Kier alpha value is -2.77. The second-order valence-corrected chi connectivity index (χ2v) is 7.09. The Kier molecular flexibility index (Phi) is 5.76. The summed E-state index contributed by atoms with van der Waals surface area (Å²) >= 11 is 6.06. The van der Waals surface area contributed by atoms with Gasteiger partial charge in [-0.05, 0) is 44.4 Å². The SMILES string of the molecule is COc1ccc(Cl)cc1/C(O)=C1\C(=O)C(=O)N(CCN(C)C)C1c1ccco1. The fourth-order valence-corrected chi connectivity index (χ4v) is 3.34. The van der Waals surface area contributed by atoms with E-state index in [-0.39, 0.29) is 16.9 Å². The molecule has 7 nitrogen and oxygen atoms in total. The third-order valence-electron chi connectivity index (χ3n) is 4.56. The van der Waals surface area contributed by atoms with Crippen LogP contribution in [0.1, 0.15) is 17.4 Å². The first-order valence-corrected chi connectivity index (χ1v) is 9.03. The number of ketones is 1. The number of hydrogen-bond donors (Lipinski definition) is 1. The molecule has 1 N–H and O–H groups in total. The van der Waals surface area contributed by atoms with Crippen molar-refractivity contribution in [1.29, 1.82) is 0 Å². The van der Waals surface area contributed by atoms with Crippen LogP contribution in [0.25, 0.3) is 5.76 Å². The van der Waals surface area contributed by atoms with Gasteiger partial charge < -0.3 is 24.1 Å². The average Bonchev–Trinajstić information content (AvgIpc) is 3.27. The minimum absolute atomic E-state index is 0.0562. The predicted octanol–water partition coefficient (Wildman–Crippen LogP) is 2.92. The lowest BCUT2D eigenvalue weighted by Gasteiger charge is -2.24. The van der Waals surface area contributed by atoms with Crippen LogP contribution in [0.3, 0.4) is 0 Å². The van der Waals surface area contributed by atoms with Crippen molar-refractivity contribution in [3.63, 3.8) is 0 Å². The van der Waals surface area contributed by atoms with Crippen LogP contribution in [-0.2, 0) is 9.59 Å². The van der Waals surface area contributed by atoms with E-state index in [9.17, 15) is 14.7 Å². The Balaban J connectivity index is 2.17. The maximum Gasteiger partial charge on any atom is 0.295 e. The highest BCUT2D eigenvalue weighted by atomic mass is 35.5. The van der Waals surface area contributed by atoms with Crippen molar-refractivity contribution < 1.29 is 23.8 Å². The first kappa shape index (κ1) is 20.0. The number of halogens is 1. The van der Waals surface area contributed by atoms with Crippen molar-refractivity contribution >= 4 is 29.1 Å². The van der Waals surface area contributed by atoms with Crippen LogP contribution in [0.2, 0.25) is 5.02 Å². The molecule has 1 unspecified atom stereocenters. The Morgan fingerprint density at radius 2 is 2.07 bits per heavy atom. The Morgan fingerprint density at radius 3 is 2.68 bits per heavy atom. The number of ether oxygens (including phenoxy) is 1. The molecule has 1 fully saturated rings. The third kappa shape index (κ3) is 3.63. The highest BCUT2D eigenvalue weighted by Gasteiger charge is 2.47. The normalized spacial score (nSPS) is 18.9.